The summed E-state index contributed by atoms with van der Waals surface area (Å²) in [6.45, 7) is 1.85. The second kappa shape index (κ2) is 9.34. The van der Waals surface area contributed by atoms with E-state index in [2.05, 4.69) is 9.44 Å². The van der Waals surface area contributed by atoms with Gasteiger partial charge in [0.25, 0.3) is 0 Å². The first kappa shape index (κ1) is 24.8. The largest absolute Gasteiger partial charge is 0.494 e. The standard InChI is InChI=1S/C17H12F7NO4S2/c1-3-28-9-6-4-8(5-7-9)16(17(22,23)24)25-29-31(26,27)15-12(20)10(18)14(30-2)11(19)13(15)21/h4-7H,3H2,1-2H3/b25-16+. The van der Waals surface area contributed by atoms with E-state index in [-0.39, 0.29) is 24.1 Å². The highest BCUT2D eigenvalue weighted by Gasteiger charge is 2.40. The van der Waals surface area contributed by atoms with Gasteiger partial charge in [0.2, 0.25) is 0 Å². The lowest BCUT2D eigenvalue weighted by Gasteiger charge is -2.12. The second-order valence-electron chi connectivity index (χ2n) is 5.54. The van der Waals surface area contributed by atoms with Crippen molar-refractivity contribution in [2.75, 3.05) is 12.9 Å². The average Bonchev–Trinajstić information content (AvgIpc) is 2.67. The molecule has 5 nitrogen and oxygen atoms in total. The number of hydrogen-bond donors (Lipinski definition) is 0. The molecule has 14 heteroatoms. The molecule has 0 aromatic heterocycles. The molecule has 0 bridgehead atoms. The van der Waals surface area contributed by atoms with E-state index in [1.165, 1.54) is 0 Å². The Morgan fingerprint density at radius 1 is 1.00 bits per heavy atom. The Hall–Kier alpha value is -2.48. The van der Waals surface area contributed by atoms with E-state index in [1.807, 2.05) is 0 Å². The Morgan fingerprint density at radius 3 is 1.94 bits per heavy atom. The van der Waals surface area contributed by atoms with Crippen molar-refractivity contribution in [1.29, 1.82) is 0 Å². The molecule has 2 rings (SSSR count). The van der Waals surface area contributed by atoms with Crippen LogP contribution in [0.15, 0.2) is 39.2 Å². The van der Waals surface area contributed by atoms with Crippen LogP contribution in [-0.2, 0) is 14.4 Å². The molecule has 0 aliphatic carbocycles. The number of benzene rings is 2. The van der Waals surface area contributed by atoms with Crippen LogP contribution in [0.1, 0.15) is 12.5 Å². The lowest BCUT2D eigenvalue weighted by atomic mass is 10.1. The van der Waals surface area contributed by atoms with Crippen LogP contribution in [0.25, 0.3) is 0 Å². The fourth-order valence-electron chi connectivity index (χ4n) is 2.26. The van der Waals surface area contributed by atoms with Crippen LogP contribution in [0.3, 0.4) is 0 Å². The smallest absolute Gasteiger partial charge is 0.437 e. The maximum atomic E-state index is 14.0. The van der Waals surface area contributed by atoms with Gasteiger partial charge in [-0.2, -0.15) is 21.6 Å². The van der Waals surface area contributed by atoms with Gasteiger partial charge in [-0.05, 0) is 37.4 Å². The summed E-state index contributed by atoms with van der Waals surface area (Å²) >= 11 is 0.241. The summed E-state index contributed by atoms with van der Waals surface area (Å²) in [5, 5.41) is 2.45. The van der Waals surface area contributed by atoms with Crippen molar-refractivity contribution in [2.45, 2.75) is 22.9 Å². The molecule has 31 heavy (non-hydrogen) atoms. The minimum absolute atomic E-state index is 0.199. The number of thioether (sulfide) groups is 1. The number of alkyl halides is 3. The van der Waals surface area contributed by atoms with Crippen LogP contribution < -0.4 is 4.74 Å². The van der Waals surface area contributed by atoms with Gasteiger partial charge in [0.05, 0.1) is 11.5 Å². The summed E-state index contributed by atoms with van der Waals surface area (Å²) < 4.78 is 129. The minimum atomic E-state index is -5.82. The van der Waals surface area contributed by atoms with E-state index in [1.54, 1.807) is 6.92 Å². The summed E-state index contributed by atoms with van der Waals surface area (Å²) in [4.78, 5) is -3.42. The number of ether oxygens (including phenoxy) is 1. The van der Waals surface area contributed by atoms with E-state index >= 15 is 0 Å². The molecule has 170 valence electrons. The highest BCUT2D eigenvalue weighted by atomic mass is 32.2. The topological polar surface area (TPSA) is 65.0 Å². The summed E-state index contributed by atoms with van der Waals surface area (Å²) in [6.07, 6.45) is -4.21. The molecule has 0 atom stereocenters. The van der Waals surface area contributed by atoms with Crippen LogP contribution in [0, 0.1) is 23.3 Å². The number of halogens is 7. The van der Waals surface area contributed by atoms with Gasteiger partial charge in [0.15, 0.2) is 33.9 Å². The van der Waals surface area contributed by atoms with E-state index in [0.717, 1.165) is 30.5 Å². The third-order valence-electron chi connectivity index (χ3n) is 3.57. The maximum Gasteiger partial charge on any atom is 0.437 e. The van der Waals surface area contributed by atoms with E-state index in [0.29, 0.717) is 0 Å². The van der Waals surface area contributed by atoms with Crippen molar-refractivity contribution >= 4 is 27.6 Å². The second-order valence-corrected chi connectivity index (χ2v) is 7.82. The van der Waals surface area contributed by atoms with Gasteiger partial charge < -0.3 is 4.74 Å². The van der Waals surface area contributed by atoms with Gasteiger partial charge in [0.1, 0.15) is 5.75 Å². The summed E-state index contributed by atoms with van der Waals surface area (Å²) in [6, 6.07) is 4.00. The Kier molecular flexibility index (Phi) is 7.47. The van der Waals surface area contributed by atoms with Crippen molar-refractivity contribution in [3.8, 4) is 5.75 Å². The Balaban J connectivity index is 2.54. The fraction of sp³-hybridized carbons (Fsp3) is 0.235. The Morgan fingerprint density at radius 2 is 1.52 bits per heavy atom. The molecule has 0 amide bonds. The molecule has 2 aromatic rings. The number of rotatable bonds is 7. The normalized spacial score (nSPS) is 12.7. The highest BCUT2D eigenvalue weighted by molar-refractivity contribution is 7.98. The van der Waals surface area contributed by atoms with E-state index in [9.17, 15) is 39.2 Å². The van der Waals surface area contributed by atoms with Crippen molar-refractivity contribution in [1.82, 2.24) is 0 Å². The molecule has 0 N–H and O–H groups in total. The first-order valence-corrected chi connectivity index (χ1v) is 10.7. The molecule has 0 saturated carbocycles. The van der Waals surface area contributed by atoms with Crippen molar-refractivity contribution in [3.05, 3.63) is 53.1 Å². The Labute approximate surface area is 176 Å². The van der Waals surface area contributed by atoms with Crippen LogP contribution in [-0.4, -0.2) is 33.2 Å². The molecule has 0 spiro atoms. The predicted octanol–water partition coefficient (Wildman–Crippen LogP) is 5.04. The monoisotopic (exact) mass is 491 g/mol. The van der Waals surface area contributed by atoms with Gasteiger partial charge in [-0.25, -0.2) is 17.6 Å². The van der Waals surface area contributed by atoms with Crippen LogP contribution in [0.4, 0.5) is 30.7 Å². The van der Waals surface area contributed by atoms with Gasteiger partial charge >= 0.3 is 16.3 Å². The third kappa shape index (κ3) is 5.23. The Bertz CT molecular complexity index is 1070. The highest BCUT2D eigenvalue weighted by Crippen LogP contribution is 2.33. The first-order valence-electron chi connectivity index (χ1n) is 8.07. The van der Waals surface area contributed by atoms with Crippen molar-refractivity contribution < 1.29 is 48.2 Å². The predicted molar refractivity (Wildman–Crippen MR) is 96.5 cm³/mol. The van der Waals surface area contributed by atoms with E-state index < -0.39 is 60.6 Å². The number of nitrogens with zero attached hydrogens (tertiary/aromatic N) is 1. The molecule has 2 aromatic carbocycles. The lowest BCUT2D eigenvalue weighted by Crippen LogP contribution is -2.25. The molecular formula is C17H12F7NO4S2. The van der Waals surface area contributed by atoms with Crippen LogP contribution in [0.5, 0.6) is 5.75 Å². The van der Waals surface area contributed by atoms with E-state index in [4.69, 9.17) is 4.74 Å². The minimum Gasteiger partial charge on any atom is -0.494 e. The van der Waals surface area contributed by atoms with Gasteiger partial charge in [0, 0.05) is 5.56 Å². The van der Waals surface area contributed by atoms with Crippen LogP contribution >= 0.6 is 11.8 Å². The first-order chi connectivity index (χ1) is 14.3. The number of hydrogen-bond acceptors (Lipinski definition) is 6. The van der Waals surface area contributed by atoms with Crippen molar-refractivity contribution in [2.24, 2.45) is 5.16 Å². The third-order valence-corrected chi connectivity index (χ3v) is 5.47. The zero-order valence-corrected chi connectivity index (χ0v) is 17.2. The van der Waals surface area contributed by atoms with Gasteiger partial charge in [-0.3, -0.25) is 4.28 Å². The lowest BCUT2D eigenvalue weighted by molar-refractivity contribution is -0.0597. The SMILES string of the molecule is CCOc1ccc(/C(=N\OS(=O)(=O)c2c(F)c(F)c(SC)c(F)c2F)C(F)(F)F)cc1. The molecule has 0 radical (unpaired) electrons. The quantitative estimate of drug-likeness (QED) is 0.179. The molecule has 0 unspecified atom stereocenters. The zero-order valence-electron chi connectivity index (χ0n) is 15.6. The average molecular weight is 491 g/mol. The van der Waals surface area contributed by atoms with Gasteiger partial charge in [-0.1, -0.05) is 5.16 Å². The summed E-state index contributed by atoms with van der Waals surface area (Å²) in [5.74, 6) is -8.65. The summed E-state index contributed by atoms with van der Waals surface area (Å²) in [5.41, 5.74) is -2.57. The fourth-order valence-corrected chi connectivity index (χ4v) is 3.66. The molecule has 0 aliphatic heterocycles. The van der Waals surface area contributed by atoms with Crippen molar-refractivity contribution in [3.63, 3.8) is 0 Å². The molecule has 0 aliphatic rings. The molecule has 0 saturated heterocycles. The molecular weight excluding hydrogens is 479 g/mol. The number of oxime groups is 1. The zero-order chi connectivity index (χ0) is 23.6. The van der Waals surface area contributed by atoms with Gasteiger partial charge in [-0.15, -0.1) is 11.8 Å². The maximum absolute atomic E-state index is 14.0. The molecule has 0 heterocycles. The molecule has 0 fully saturated rings. The van der Waals surface area contributed by atoms with Crippen LogP contribution in [0.2, 0.25) is 0 Å². The summed E-state index contributed by atoms with van der Waals surface area (Å²) in [7, 11) is -5.82.